The van der Waals surface area contributed by atoms with E-state index in [2.05, 4.69) is 39.5 Å². The SMILES string of the molecule is CCCCCCCCCCC#CC(C)(C)C. The molecule has 0 N–H and O–H groups in total. The van der Waals surface area contributed by atoms with Gasteiger partial charge >= 0.3 is 0 Å². The molecule has 0 aliphatic rings. The predicted molar refractivity (Wildman–Crippen MR) is 74.5 cm³/mol. The zero-order chi connectivity index (χ0) is 12.3. The van der Waals surface area contributed by atoms with E-state index in [4.69, 9.17) is 0 Å². The van der Waals surface area contributed by atoms with Crippen LogP contribution in [0.25, 0.3) is 0 Å². The first-order chi connectivity index (χ1) is 7.56. The van der Waals surface area contributed by atoms with Crippen molar-refractivity contribution in [1.29, 1.82) is 0 Å². The molecule has 0 unspecified atom stereocenters. The monoisotopic (exact) mass is 222 g/mol. The van der Waals surface area contributed by atoms with Gasteiger partial charge in [-0.25, -0.2) is 0 Å². The third-order valence-electron chi connectivity index (χ3n) is 2.62. The molecule has 0 rings (SSSR count). The Balaban J connectivity index is 3.18. The largest absolute Gasteiger partial charge is 0.103 e. The molecule has 16 heavy (non-hydrogen) atoms. The van der Waals surface area contributed by atoms with E-state index in [1.165, 1.54) is 51.4 Å². The van der Waals surface area contributed by atoms with Gasteiger partial charge in [0.2, 0.25) is 0 Å². The lowest BCUT2D eigenvalue weighted by molar-refractivity contribution is 0.567. The Bertz CT molecular complexity index is 196. The fourth-order valence-corrected chi connectivity index (χ4v) is 1.67. The lowest BCUT2D eigenvalue weighted by Crippen LogP contribution is -1.98. The van der Waals surface area contributed by atoms with Crippen LogP contribution in [0.3, 0.4) is 0 Å². The van der Waals surface area contributed by atoms with Crippen molar-refractivity contribution >= 4 is 0 Å². The van der Waals surface area contributed by atoms with Gasteiger partial charge in [-0.05, 0) is 27.2 Å². The maximum Gasteiger partial charge on any atom is 0.0230 e. The average molecular weight is 222 g/mol. The summed E-state index contributed by atoms with van der Waals surface area (Å²) in [7, 11) is 0. The van der Waals surface area contributed by atoms with Crippen molar-refractivity contribution in [2.24, 2.45) is 5.41 Å². The van der Waals surface area contributed by atoms with Crippen molar-refractivity contribution in [3.63, 3.8) is 0 Å². The molecule has 0 bridgehead atoms. The maximum atomic E-state index is 3.29. The van der Waals surface area contributed by atoms with Gasteiger partial charge in [-0.2, -0.15) is 0 Å². The first-order valence-electron chi connectivity index (χ1n) is 7.06. The van der Waals surface area contributed by atoms with Gasteiger partial charge in [-0.15, -0.1) is 5.92 Å². The van der Waals surface area contributed by atoms with E-state index in [0.717, 1.165) is 6.42 Å². The highest BCUT2D eigenvalue weighted by molar-refractivity contribution is 5.06. The molecule has 0 amide bonds. The summed E-state index contributed by atoms with van der Waals surface area (Å²) in [6.45, 7) is 8.79. The average Bonchev–Trinajstić information content (AvgIpc) is 2.19. The van der Waals surface area contributed by atoms with Gasteiger partial charge in [0, 0.05) is 11.8 Å². The van der Waals surface area contributed by atoms with Crippen molar-refractivity contribution in [2.45, 2.75) is 85.5 Å². The molecule has 0 atom stereocenters. The molecule has 0 fully saturated rings. The summed E-state index contributed by atoms with van der Waals surface area (Å²) >= 11 is 0. The summed E-state index contributed by atoms with van der Waals surface area (Å²) in [6, 6.07) is 0. The van der Waals surface area contributed by atoms with Crippen LogP contribution in [-0.2, 0) is 0 Å². The Morgan fingerprint density at radius 1 is 0.750 bits per heavy atom. The zero-order valence-electron chi connectivity index (χ0n) is 11.9. The van der Waals surface area contributed by atoms with Crippen molar-refractivity contribution in [3.05, 3.63) is 0 Å². The third-order valence-corrected chi connectivity index (χ3v) is 2.62. The minimum atomic E-state index is 0.181. The summed E-state index contributed by atoms with van der Waals surface area (Å²) in [5, 5.41) is 0. The molecule has 0 aromatic rings. The van der Waals surface area contributed by atoms with Crippen molar-refractivity contribution < 1.29 is 0 Å². The normalized spacial score (nSPS) is 11.0. The highest BCUT2D eigenvalue weighted by Crippen LogP contribution is 2.11. The van der Waals surface area contributed by atoms with Gasteiger partial charge < -0.3 is 0 Å². The summed E-state index contributed by atoms with van der Waals surface area (Å²) in [5.41, 5.74) is 0.181. The van der Waals surface area contributed by atoms with E-state index in [1.807, 2.05) is 0 Å². The van der Waals surface area contributed by atoms with Gasteiger partial charge in [0.15, 0.2) is 0 Å². The Morgan fingerprint density at radius 2 is 1.25 bits per heavy atom. The van der Waals surface area contributed by atoms with Crippen LogP contribution in [0.15, 0.2) is 0 Å². The van der Waals surface area contributed by atoms with E-state index < -0.39 is 0 Å². The molecule has 0 saturated heterocycles. The molecule has 0 radical (unpaired) electrons. The van der Waals surface area contributed by atoms with Gasteiger partial charge in [0.05, 0.1) is 0 Å². The molecular weight excluding hydrogens is 192 g/mol. The zero-order valence-corrected chi connectivity index (χ0v) is 11.9. The van der Waals surface area contributed by atoms with Gasteiger partial charge in [0.1, 0.15) is 0 Å². The maximum absolute atomic E-state index is 3.29. The number of hydrogen-bond acceptors (Lipinski definition) is 0. The molecule has 0 nitrogen and oxygen atoms in total. The van der Waals surface area contributed by atoms with Crippen LogP contribution in [-0.4, -0.2) is 0 Å². The van der Waals surface area contributed by atoms with Crippen molar-refractivity contribution in [3.8, 4) is 11.8 Å². The van der Waals surface area contributed by atoms with E-state index in [0.29, 0.717) is 0 Å². The molecule has 0 spiro atoms. The fraction of sp³-hybridized carbons (Fsp3) is 0.875. The summed E-state index contributed by atoms with van der Waals surface area (Å²) in [5.74, 6) is 6.58. The van der Waals surface area contributed by atoms with E-state index in [1.54, 1.807) is 0 Å². The lowest BCUT2D eigenvalue weighted by atomic mass is 9.97. The highest BCUT2D eigenvalue weighted by atomic mass is 14.1. The summed E-state index contributed by atoms with van der Waals surface area (Å²) in [4.78, 5) is 0. The topological polar surface area (TPSA) is 0 Å². The third kappa shape index (κ3) is 13.6. The Labute approximate surface area is 103 Å². The predicted octanol–water partition coefficient (Wildman–Crippen LogP) is 5.57. The quantitative estimate of drug-likeness (QED) is 0.372. The highest BCUT2D eigenvalue weighted by Gasteiger charge is 2.02. The molecule has 0 aliphatic carbocycles. The molecule has 0 heteroatoms. The first kappa shape index (κ1) is 15.6. The number of hydrogen-bond donors (Lipinski definition) is 0. The smallest absolute Gasteiger partial charge is 0.0230 e. The first-order valence-corrected chi connectivity index (χ1v) is 7.06. The van der Waals surface area contributed by atoms with Gasteiger partial charge in [-0.3, -0.25) is 0 Å². The molecule has 94 valence electrons. The second-order valence-corrected chi connectivity index (χ2v) is 5.78. The lowest BCUT2D eigenvalue weighted by Gasteiger charge is -2.06. The van der Waals surface area contributed by atoms with Crippen LogP contribution >= 0.6 is 0 Å². The minimum Gasteiger partial charge on any atom is -0.103 e. The molecule has 0 heterocycles. The molecular formula is C16H30. The summed E-state index contributed by atoms with van der Waals surface area (Å²) < 4.78 is 0. The van der Waals surface area contributed by atoms with E-state index >= 15 is 0 Å². The van der Waals surface area contributed by atoms with E-state index in [-0.39, 0.29) is 5.41 Å². The summed E-state index contributed by atoms with van der Waals surface area (Å²) in [6.07, 6.45) is 12.2. The second kappa shape index (κ2) is 9.76. The standard InChI is InChI=1S/C16H30/c1-5-6-7-8-9-10-11-12-13-14-15-16(2,3)4/h5-13H2,1-4H3. The fourth-order valence-electron chi connectivity index (χ4n) is 1.67. The van der Waals surface area contributed by atoms with Crippen LogP contribution in [0.5, 0.6) is 0 Å². The molecule has 0 aromatic carbocycles. The number of unbranched alkanes of at least 4 members (excludes halogenated alkanes) is 8. The van der Waals surface area contributed by atoms with Crippen molar-refractivity contribution in [2.75, 3.05) is 0 Å². The van der Waals surface area contributed by atoms with Crippen LogP contribution in [0, 0.1) is 17.3 Å². The van der Waals surface area contributed by atoms with Crippen LogP contribution in [0.2, 0.25) is 0 Å². The van der Waals surface area contributed by atoms with Gasteiger partial charge in [0.25, 0.3) is 0 Å². The molecule has 0 aliphatic heterocycles. The second-order valence-electron chi connectivity index (χ2n) is 5.78. The van der Waals surface area contributed by atoms with Crippen LogP contribution in [0.1, 0.15) is 85.5 Å². The van der Waals surface area contributed by atoms with E-state index in [9.17, 15) is 0 Å². The number of rotatable bonds is 8. The van der Waals surface area contributed by atoms with Crippen LogP contribution < -0.4 is 0 Å². The minimum absolute atomic E-state index is 0.181. The Kier molecular flexibility index (Phi) is 9.49. The molecule has 0 aromatic heterocycles. The Morgan fingerprint density at radius 3 is 1.75 bits per heavy atom. The Hall–Kier alpha value is -0.440. The molecule has 0 saturated carbocycles. The van der Waals surface area contributed by atoms with Crippen LogP contribution in [0.4, 0.5) is 0 Å². The van der Waals surface area contributed by atoms with Gasteiger partial charge in [-0.1, -0.05) is 57.8 Å². The van der Waals surface area contributed by atoms with Crippen molar-refractivity contribution in [1.82, 2.24) is 0 Å².